The Morgan fingerprint density at radius 1 is 0.921 bits per heavy atom. The van der Waals surface area contributed by atoms with E-state index in [1.165, 1.54) is 0 Å². The molecule has 0 saturated carbocycles. The number of hydrogen-bond donors (Lipinski definition) is 4. The number of carboxylic acids is 1. The van der Waals surface area contributed by atoms with Crippen LogP contribution >= 0.6 is 0 Å². The Labute approximate surface area is 223 Å². The maximum Gasteiger partial charge on any atom is 0.311 e. The van der Waals surface area contributed by atoms with Crippen LogP contribution in [0.4, 0.5) is 0 Å². The normalized spacial score (nSPS) is 13.6. The van der Waals surface area contributed by atoms with Gasteiger partial charge in [-0.3, -0.25) is 14.9 Å². The first-order valence-electron chi connectivity index (χ1n) is 13.0. The molecule has 0 aliphatic heterocycles. The number of benzene rings is 3. The molecule has 0 radical (unpaired) electrons. The van der Waals surface area contributed by atoms with Gasteiger partial charge in [0, 0.05) is 30.7 Å². The highest BCUT2D eigenvalue weighted by atomic mass is 16.4. The van der Waals surface area contributed by atoms with Crippen LogP contribution in [0, 0.1) is 0 Å². The zero-order valence-electron chi connectivity index (χ0n) is 21.9. The van der Waals surface area contributed by atoms with Crippen LogP contribution in [0.25, 0.3) is 10.9 Å². The molecule has 7 nitrogen and oxygen atoms in total. The number of aromatic amines is 1. The molecule has 0 aliphatic rings. The number of para-hydroxylation sites is 1. The van der Waals surface area contributed by atoms with Crippen LogP contribution < -0.4 is 10.6 Å². The van der Waals surface area contributed by atoms with E-state index in [2.05, 4.69) is 15.6 Å². The lowest BCUT2D eigenvalue weighted by atomic mass is 9.95. The molecule has 0 saturated heterocycles. The van der Waals surface area contributed by atoms with Crippen LogP contribution in [0.5, 0.6) is 0 Å². The molecule has 0 bridgehead atoms. The van der Waals surface area contributed by atoms with E-state index in [1.54, 1.807) is 11.1 Å². The Balaban J connectivity index is 1.39. The van der Waals surface area contributed by atoms with Crippen molar-refractivity contribution in [3.63, 3.8) is 0 Å². The Bertz CT molecular complexity index is 1320. The highest BCUT2D eigenvalue weighted by Crippen LogP contribution is 2.28. The van der Waals surface area contributed by atoms with Crippen molar-refractivity contribution in [1.29, 1.82) is 0 Å². The van der Waals surface area contributed by atoms with Gasteiger partial charge in [-0.1, -0.05) is 78.9 Å². The van der Waals surface area contributed by atoms with E-state index in [0.29, 0.717) is 25.9 Å². The minimum Gasteiger partial charge on any atom is -0.481 e. The van der Waals surface area contributed by atoms with Gasteiger partial charge in [0.05, 0.1) is 18.1 Å². The minimum atomic E-state index is -0.850. The third kappa shape index (κ3) is 7.09. The Morgan fingerprint density at radius 2 is 1.55 bits per heavy atom. The van der Waals surface area contributed by atoms with Crippen LogP contribution in [-0.4, -0.2) is 52.7 Å². The van der Waals surface area contributed by atoms with Gasteiger partial charge in [-0.25, -0.2) is 0 Å². The summed E-state index contributed by atoms with van der Waals surface area (Å²) in [5.41, 5.74) is 3.86. The van der Waals surface area contributed by atoms with Gasteiger partial charge in [-0.05, 0) is 49.1 Å². The minimum absolute atomic E-state index is 0.00793. The molecule has 198 valence electrons. The highest BCUT2D eigenvalue weighted by Gasteiger charge is 2.26. The van der Waals surface area contributed by atoms with Gasteiger partial charge in [-0.2, -0.15) is 0 Å². The van der Waals surface area contributed by atoms with Crippen molar-refractivity contribution in [2.24, 2.45) is 0 Å². The Morgan fingerprint density at radius 3 is 2.24 bits per heavy atom. The molecular formula is C31H36N4O3. The van der Waals surface area contributed by atoms with Crippen molar-refractivity contribution in [2.45, 2.75) is 44.4 Å². The molecule has 4 N–H and O–H groups in total. The van der Waals surface area contributed by atoms with E-state index in [1.807, 2.05) is 98.9 Å². The van der Waals surface area contributed by atoms with Crippen molar-refractivity contribution in [3.8, 4) is 0 Å². The number of H-pyrrole nitrogens is 1. The Hall–Kier alpha value is -3.94. The van der Waals surface area contributed by atoms with Crippen molar-refractivity contribution < 1.29 is 14.7 Å². The molecule has 3 atom stereocenters. The number of fused-ring (bicyclic) bond motifs is 1. The molecule has 4 rings (SSSR count). The van der Waals surface area contributed by atoms with E-state index < -0.39 is 17.9 Å². The molecule has 1 heterocycles. The van der Waals surface area contributed by atoms with Gasteiger partial charge in [-0.15, -0.1) is 0 Å². The summed E-state index contributed by atoms with van der Waals surface area (Å²) in [5, 5.41) is 17.7. The number of amides is 1. The fourth-order valence-electron chi connectivity index (χ4n) is 4.87. The maximum atomic E-state index is 13.5. The SMILES string of the molecule is CC(NCCC(C(=O)O)c1c[nH]c2ccccc12)NC(Cc1ccccc1)C(=O)N(C)Cc1ccccc1. The molecule has 3 unspecified atom stereocenters. The average molecular weight is 513 g/mol. The van der Waals surface area contributed by atoms with Gasteiger partial charge in [0.2, 0.25) is 5.91 Å². The summed E-state index contributed by atoms with van der Waals surface area (Å²) in [6.07, 6.45) is 2.57. The van der Waals surface area contributed by atoms with Crippen LogP contribution in [0.3, 0.4) is 0 Å². The second-order valence-corrected chi connectivity index (χ2v) is 9.73. The molecule has 38 heavy (non-hydrogen) atoms. The van der Waals surface area contributed by atoms with Crippen LogP contribution in [0.15, 0.2) is 91.1 Å². The van der Waals surface area contributed by atoms with Gasteiger partial charge in [0.15, 0.2) is 0 Å². The summed E-state index contributed by atoms with van der Waals surface area (Å²) in [6, 6.07) is 27.2. The predicted octanol–water partition coefficient (Wildman–Crippen LogP) is 4.52. The molecule has 4 aromatic rings. The second-order valence-electron chi connectivity index (χ2n) is 9.73. The molecule has 1 amide bonds. The number of carbonyl (C=O) groups excluding carboxylic acids is 1. The smallest absolute Gasteiger partial charge is 0.311 e. The van der Waals surface area contributed by atoms with Crippen molar-refractivity contribution >= 4 is 22.8 Å². The third-order valence-corrected chi connectivity index (χ3v) is 6.85. The summed E-state index contributed by atoms with van der Waals surface area (Å²) in [4.78, 5) is 30.5. The van der Waals surface area contributed by atoms with E-state index >= 15 is 0 Å². The summed E-state index contributed by atoms with van der Waals surface area (Å²) < 4.78 is 0. The second kappa shape index (κ2) is 13.0. The van der Waals surface area contributed by atoms with E-state index in [0.717, 1.165) is 27.6 Å². The lowest BCUT2D eigenvalue weighted by Gasteiger charge is -2.28. The summed E-state index contributed by atoms with van der Waals surface area (Å²) in [6.45, 7) is 2.97. The first-order valence-corrected chi connectivity index (χ1v) is 13.0. The number of hydrogen-bond acceptors (Lipinski definition) is 4. The highest BCUT2D eigenvalue weighted by molar-refractivity contribution is 5.89. The molecule has 1 aromatic heterocycles. The maximum absolute atomic E-state index is 13.5. The molecule has 3 aromatic carbocycles. The van der Waals surface area contributed by atoms with Gasteiger partial charge in [0.25, 0.3) is 0 Å². The van der Waals surface area contributed by atoms with Crippen LogP contribution in [0.1, 0.15) is 36.0 Å². The summed E-state index contributed by atoms with van der Waals surface area (Å²) in [7, 11) is 1.83. The number of carboxylic acid groups (broad SMARTS) is 1. The predicted molar refractivity (Wildman–Crippen MR) is 151 cm³/mol. The van der Waals surface area contributed by atoms with E-state index in [-0.39, 0.29) is 12.1 Å². The van der Waals surface area contributed by atoms with Crippen LogP contribution in [-0.2, 0) is 22.6 Å². The van der Waals surface area contributed by atoms with Crippen LogP contribution in [0.2, 0.25) is 0 Å². The zero-order valence-corrected chi connectivity index (χ0v) is 21.9. The monoisotopic (exact) mass is 512 g/mol. The molecule has 0 spiro atoms. The van der Waals surface area contributed by atoms with Crippen molar-refractivity contribution in [2.75, 3.05) is 13.6 Å². The quantitative estimate of drug-likeness (QED) is 0.198. The number of nitrogens with one attached hydrogen (secondary N) is 3. The Kier molecular flexibility index (Phi) is 9.30. The van der Waals surface area contributed by atoms with E-state index in [9.17, 15) is 14.7 Å². The molecule has 0 fully saturated rings. The third-order valence-electron chi connectivity index (χ3n) is 6.85. The van der Waals surface area contributed by atoms with Gasteiger partial charge < -0.3 is 20.3 Å². The van der Waals surface area contributed by atoms with Crippen molar-refractivity contribution in [3.05, 3.63) is 108 Å². The van der Waals surface area contributed by atoms with Gasteiger partial charge in [0.1, 0.15) is 0 Å². The molecule has 7 heteroatoms. The largest absolute Gasteiger partial charge is 0.481 e. The molecule has 0 aliphatic carbocycles. The standard InChI is InChI=1S/C31H36N4O3/c1-22(32-18-17-26(31(37)38)27-20-33-28-16-10-9-15-25(27)28)34-29(19-23-11-5-3-6-12-23)30(36)35(2)21-24-13-7-4-8-14-24/h3-16,20,22,26,29,32-34H,17-19,21H2,1-2H3,(H,37,38). The fourth-order valence-corrected chi connectivity index (χ4v) is 4.87. The molecular weight excluding hydrogens is 476 g/mol. The number of carbonyl (C=O) groups is 2. The van der Waals surface area contributed by atoms with Crippen molar-refractivity contribution in [1.82, 2.24) is 20.5 Å². The number of nitrogens with zero attached hydrogens (tertiary/aromatic N) is 1. The van der Waals surface area contributed by atoms with Gasteiger partial charge >= 0.3 is 5.97 Å². The first-order chi connectivity index (χ1) is 18.4. The number of rotatable bonds is 13. The number of likely N-dealkylation sites (N-methyl/N-ethyl adjacent to an activating group) is 1. The summed E-state index contributed by atoms with van der Waals surface area (Å²) >= 11 is 0. The lowest BCUT2D eigenvalue weighted by Crippen LogP contribution is -2.53. The lowest BCUT2D eigenvalue weighted by molar-refractivity contribution is -0.139. The topological polar surface area (TPSA) is 97.5 Å². The number of aromatic nitrogens is 1. The first kappa shape index (κ1) is 27.1. The fraction of sp³-hybridized carbons (Fsp3) is 0.290. The zero-order chi connectivity index (χ0) is 26.9. The summed E-state index contributed by atoms with van der Waals surface area (Å²) in [5.74, 6) is -1.48. The number of aliphatic carboxylic acids is 1. The average Bonchev–Trinajstić information content (AvgIpc) is 3.35. The van der Waals surface area contributed by atoms with E-state index in [4.69, 9.17) is 0 Å².